The normalized spacial score (nSPS) is 25.6. The highest BCUT2D eigenvalue weighted by atomic mass is 35.5. The average Bonchev–Trinajstić information content (AvgIpc) is 1.94. The van der Waals surface area contributed by atoms with Gasteiger partial charge < -0.3 is 0 Å². The molecule has 1 aliphatic rings. The van der Waals surface area contributed by atoms with E-state index < -0.39 is 0 Å². The van der Waals surface area contributed by atoms with Gasteiger partial charge in [-0.3, -0.25) is 0 Å². The molecule has 0 aromatic carbocycles. The molecule has 1 atom stereocenters. The second-order valence-corrected chi connectivity index (χ2v) is 4.56. The Hall–Kier alpha value is 0.385. The lowest BCUT2D eigenvalue weighted by Crippen LogP contribution is -2.12. The summed E-state index contributed by atoms with van der Waals surface area (Å²) in [6.45, 7) is 4.38. The first-order valence-corrected chi connectivity index (χ1v) is 4.92. The lowest BCUT2D eigenvalue weighted by atomic mass is 9.72. The van der Waals surface area contributed by atoms with Crippen LogP contribution in [-0.4, -0.2) is 5.54 Å². The van der Waals surface area contributed by atoms with E-state index in [9.17, 15) is 0 Å². The molecule has 1 aliphatic carbocycles. The number of rotatable bonds is 1. The number of hydrogen-bond donors (Lipinski definition) is 0. The summed E-state index contributed by atoms with van der Waals surface area (Å²) in [6.07, 6.45) is 3.41. The van der Waals surface area contributed by atoms with Crippen molar-refractivity contribution in [1.82, 2.24) is 0 Å². The minimum Gasteiger partial charge on any atom is -0.171 e. The summed E-state index contributed by atoms with van der Waals surface area (Å²) in [5.74, 6) is 0.488. The maximum absolute atomic E-state index is 5.81. The molecular formula is C8H13BCl2. The van der Waals surface area contributed by atoms with Gasteiger partial charge in [0.15, 0.2) is 0 Å². The van der Waals surface area contributed by atoms with Crippen molar-refractivity contribution in [3.8, 4) is 0 Å². The molecule has 11 heavy (non-hydrogen) atoms. The molecule has 1 rings (SSSR count). The Bertz CT molecular complexity index is 175. The summed E-state index contributed by atoms with van der Waals surface area (Å²) < 4.78 is 0. The van der Waals surface area contributed by atoms with E-state index in [4.69, 9.17) is 22.9 Å². The number of hydrogen-bond acceptors (Lipinski definition) is 0. The van der Waals surface area contributed by atoms with Gasteiger partial charge in [0.25, 0.3) is 0 Å². The summed E-state index contributed by atoms with van der Waals surface area (Å²) in [5.41, 5.74) is 2.82. The fourth-order valence-electron chi connectivity index (χ4n) is 1.50. The Morgan fingerprint density at radius 2 is 1.91 bits per heavy atom. The number of halogens is 2. The fourth-order valence-corrected chi connectivity index (χ4v) is 1.93. The zero-order valence-electron chi connectivity index (χ0n) is 7.03. The van der Waals surface area contributed by atoms with Crippen LogP contribution in [0.25, 0.3) is 0 Å². The Labute approximate surface area is 78.9 Å². The SMILES string of the molecule is CC1=C(C)CC(B(Cl)Cl)CC1. The summed E-state index contributed by atoms with van der Waals surface area (Å²) in [4.78, 5) is 0. The highest BCUT2D eigenvalue weighted by molar-refractivity contribution is 7.34. The van der Waals surface area contributed by atoms with Gasteiger partial charge in [-0.15, -0.1) is 0 Å². The molecule has 1 unspecified atom stereocenters. The third-order valence-electron chi connectivity index (χ3n) is 2.54. The van der Waals surface area contributed by atoms with Crippen LogP contribution in [0, 0.1) is 0 Å². The van der Waals surface area contributed by atoms with Crippen molar-refractivity contribution in [2.75, 3.05) is 0 Å². The van der Waals surface area contributed by atoms with Gasteiger partial charge in [-0.1, -0.05) is 17.6 Å². The molecule has 62 valence electrons. The van der Waals surface area contributed by atoms with E-state index in [1.54, 1.807) is 0 Å². The van der Waals surface area contributed by atoms with Gasteiger partial charge in [0.2, 0.25) is 0 Å². The van der Waals surface area contributed by atoms with Crippen LogP contribution in [0.3, 0.4) is 0 Å². The van der Waals surface area contributed by atoms with Crippen LogP contribution in [0.15, 0.2) is 11.1 Å². The van der Waals surface area contributed by atoms with Gasteiger partial charge in [0, 0.05) is 0 Å². The van der Waals surface area contributed by atoms with E-state index in [-0.39, 0.29) is 5.54 Å². The lowest BCUT2D eigenvalue weighted by molar-refractivity contribution is 0.667. The Morgan fingerprint density at radius 1 is 1.27 bits per heavy atom. The molecule has 0 aliphatic heterocycles. The van der Waals surface area contributed by atoms with Crippen molar-refractivity contribution in [2.45, 2.75) is 38.9 Å². The van der Waals surface area contributed by atoms with E-state index in [2.05, 4.69) is 13.8 Å². The summed E-state index contributed by atoms with van der Waals surface area (Å²) in [6, 6.07) is 0. The fraction of sp³-hybridized carbons (Fsp3) is 0.750. The molecule has 0 N–H and O–H groups in total. The van der Waals surface area contributed by atoms with E-state index in [1.807, 2.05) is 0 Å². The maximum atomic E-state index is 5.81. The van der Waals surface area contributed by atoms with Gasteiger partial charge in [-0.2, -0.15) is 22.9 Å². The van der Waals surface area contributed by atoms with Crippen LogP contribution in [-0.2, 0) is 0 Å². The van der Waals surface area contributed by atoms with Crippen molar-refractivity contribution in [3.63, 3.8) is 0 Å². The molecule has 0 fully saturated rings. The topological polar surface area (TPSA) is 0 Å². The highest BCUT2D eigenvalue weighted by Crippen LogP contribution is 2.36. The van der Waals surface area contributed by atoms with E-state index in [0.717, 1.165) is 12.8 Å². The second-order valence-electron chi connectivity index (χ2n) is 3.40. The summed E-state index contributed by atoms with van der Waals surface area (Å²) >= 11 is 11.6. The summed E-state index contributed by atoms with van der Waals surface area (Å²) in [5, 5.41) is 0. The van der Waals surface area contributed by atoms with Crippen LogP contribution in [0.2, 0.25) is 5.82 Å². The lowest BCUT2D eigenvalue weighted by Gasteiger charge is -2.23. The maximum Gasteiger partial charge on any atom is 0.355 e. The first kappa shape index (κ1) is 9.47. The van der Waals surface area contributed by atoms with Crippen molar-refractivity contribution in [2.24, 2.45) is 0 Å². The zero-order chi connectivity index (χ0) is 8.43. The van der Waals surface area contributed by atoms with Crippen LogP contribution in [0.1, 0.15) is 33.1 Å². The van der Waals surface area contributed by atoms with Crippen LogP contribution in [0.4, 0.5) is 0 Å². The predicted octanol–water partition coefficient (Wildman–Crippen LogP) is 3.84. The largest absolute Gasteiger partial charge is 0.355 e. The second kappa shape index (κ2) is 3.86. The van der Waals surface area contributed by atoms with E-state index in [1.165, 1.54) is 17.6 Å². The first-order chi connectivity index (χ1) is 5.11. The molecule has 0 aromatic rings. The molecule has 0 bridgehead atoms. The van der Waals surface area contributed by atoms with Gasteiger partial charge in [-0.25, -0.2) is 0 Å². The quantitative estimate of drug-likeness (QED) is 0.436. The molecule has 0 spiro atoms. The Balaban J connectivity index is 2.57. The first-order valence-electron chi connectivity index (χ1n) is 4.04. The monoisotopic (exact) mass is 190 g/mol. The number of allylic oxidation sites excluding steroid dienone is 2. The van der Waals surface area contributed by atoms with Crippen LogP contribution >= 0.6 is 22.9 Å². The van der Waals surface area contributed by atoms with Crippen molar-refractivity contribution >= 4 is 28.5 Å². The molecule has 0 heterocycles. The molecule has 0 nitrogen and oxygen atoms in total. The van der Waals surface area contributed by atoms with E-state index in [0.29, 0.717) is 5.82 Å². The average molecular weight is 191 g/mol. The van der Waals surface area contributed by atoms with Crippen LogP contribution < -0.4 is 0 Å². The molecule has 0 saturated heterocycles. The molecule has 0 aromatic heterocycles. The predicted molar refractivity (Wildman–Crippen MR) is 53.4 cm³/mol. The van der Waals surface area contributed by atoms with Gasteiger partial charge in [0.05, 0.1) is 0 Å². The van der Waals surface area contributed by atoms with Crippen molar-refractivity contribution < 1.29 is 0 Å². The molecule has 0 radical (unpaired) electrons. The van der Waals surface area contributed by atoms with E-state index >= 15 is 0 Å². The smallest absolute Gasteiger partial charge is 0.171 e. The summed E-state index contributed by atoms with van der Waals surface area (Å²) in [7, 11) is 0. The van der Waals surface area contributed by atoms with Crippen molar-refractivity contribution in [1.29, 1.82) is 0 Å². The molecule has 0 amide bonds. The minimum atomic E-state index is -0.182. The third kappa shape index (κ3) is 2.42. The van der Waals surface area contributed by atoms with Gasteiger partial charge >= 0.3 is 5.54 Å². The zero-order valence-corrected chi connectivity index (χ0v) is 8.54. The van der Waals surface area contributed by atoms with Gasteiger partial charge in [-0.05, 0) is 32.5 Å². The van der Waals surface area contributed by atoms with Gasteiger partial charge in [0.1, 0.15) is 0 Å². The molecule has 3 heteroatoms. The standard InChI is InChI=1S/C8H13BCl2/c1-6-3-4-8(9(10)11)5-7(6)2/h8H,3-5H2,1-2H3. The molecular weight excluding hydrogens is 178 g/mol. The van der Waals surface area contributed by atoms with Crippen molar-refractivity contribution in [3.05, 3.63) is 11.1 Å². The molecule has 0 saturated carbocycles. The minimum absolute atomic E-state index is 0.182. The van der Waals surface area contributed by atoms with Crippen LogP contribution in [0.5, 0.6) is 0 Å². The Kier molecular flexibility index (Phi) is 3.33. The Morgan fingerprint density at radius 3 is 2.36 bits per heavy atom. The third-order valence-corrected chi connectivity index (χ3v) is 3.26. The highest BCUT2D eigenvalue weighted by Gasteiger charge is 2.25.